The van der Waals surface area contributed by atoms with Crippen molar-refractivity contribution in [2.24, 2.45) is 0 Å². The van der Waals surface area contributed by atoms with Crippen LogP contribution in [-0.4, -0.2) is 17.9 Å². The molecule has 186 valence electrons. The molecule has 2 atom stereocenters. The maximum absolute atomic E-state index is 13.9. The Morgan fingerprint density at radius 2 is 1.66 bits per heavy atom. The van der Waals surface area contributed by atoms with E-state index in [-0.39, 0.29) is 17.8 Å². The number of hydrogen-bond donors (Lipinski definition) is 2. The van der Waals surface area contributed by atoms with Gasteiger partial charge in [0.05, 0.1) is 0 Å². The molecule has 1 unspecified atom stereocenters. The number of likely N-dealkylation sites (N-methyl/N-ethyl adjacent to an activating group) is 1. The fourth-order valence-corrected chi connectivity index (χ4v) is 3.90. The van der Waals surface area contributed by atoms with Gasteiger partial charge in [0.15, 0.2) is 0 Å². The van der Waals surface area contributed by atoms with Crippen LogP contribution in [0.5, 0.6) is 0 Å². The van der Waals surface area contributed by atoms with Gasteiger partial charge in [-0.1, -0.05) is 49.4 Å². The molecule has 8 heteroatoms. The van der Waals surface area contributed by atoms with Crippen LogP contribution in [0.1, 0.15) is 58.9 Å². The topological polar surface area (TPSA) is 54.0 Å². The zero-order valence-electron chi connectivity index (χ0n) is 19.9. The Balaban J connectivity index is 1.89. The number of aryl methyl sites for hydroxylation is 3. The van der Waals surface area contributed by atoms with Crippen LogP contribution in [0.25, 0.3) is 0 Å². The van der Waals surface area contributed by atoms with Gasteiger partial charge in [0.1, 0.15) is 17.6 Å². The molecule has 0 fully saturated rings. The first-order valence-corrected chi connectivity index (χ1v) is 11.5. The standard InChI is InChI=1S/C27H29F4N3O/c1-4-18-5-9-20(10-6-18)25(26(35)32-3)34-23(21-11-12-22(28)17(2)15-21)13-7-19-8-14-24(33-16-19)27(29,30)31/h5-6,8-12,14-16,23,25,34H,4,7,13H2,1-3H3,(H,32,35)/t23-,25?/m0/s1. The Bertz CT molecular complexity index is 1130. The number of nitrogens with zero attached hydrogens (tertiary/aromatic N) is 1. The summed E-state index contributed by atoms with van der Waals surface area (Å²) in [7, 11) is 1.56. The van der Waals surface area contributed by atoms with Gasteiger partial charge in [0.2, 0.25) is 5.91 Å². The summed E-state index contributed by atoms with van der Waals surface area (Å²) >= 11 is 0. The van der Waals surface area contributed by atoms with Crippen molar-refractivity contribution in [1.82, 2.24) is 15.6 Å². The van der Waals surface area contributed by atoms with Crippen LogP contribution >= 0.6 is 0 Å². The van der Waals surface area contributed by atoms with Crippen molar-refractivity contribution in [3.8, 4) is 0 Å². The first-order valence-electron chi connectivity index (χ1n) is 11.5. The Morgan fingerprint density at radius 1 is 1.00 bits per heavy atom. The third-order valence-electron chi connectivity index (χ3n) is 6.02. The van der Waals surface area contributed by atoms with Crippen molar-refractivity contribution in [1.29, 1.82) is 0 Å². The molecule has 0 aliphatic carbocycles. The lowest BCUT2D eigenvalue weighted by Gasteiger charge is -2.26. The average Bonchev–Trinajstić information content (AvgIpc) is 2.85. The number of carbonyl (C=O) groups excluding carboxylic acids is 1. The van der Waals surface area contributed by atoms with Crippen LogP contribution < -0.4 is 10.6 Å². The van der Waals surface area contributed by atoms with E-state index in [9.17, 15) is 22.4 Å². The molecule has 4 nitrogen and oxygen atoms in total. The highest BCUT2D eigenvalue weighted by molar-refractivity contribution is 5.83. The Labute approximate surface area is 202 Å². The fourth-order valence-electron chi connectivity index (χ4n) is 3.90. The Kier molecular flexibility index (Phi) is 8.62. The molecule has 3 aromatic rings. The number of rotatable bonds is 9. The highest BCUT2D eigenvalue weighted by Crippen LogP contribution is 2.29. The summed E-state index contributed by atoms with van der Waals surface area (Å²) < 4.78 is 52.5. The van der Waals surface area contributed by atoms with Gasteiger partial charge in [0.25, 0.3) is 0 Å². The highest BCUT2D eigenvalue weighted by Gasteiger charge is 2.32. The summed E-state index contributed by atoms with van der Waals surface area (Å²) in [4.78, 5) is 16.3. The summed E-state index contributed by atoms with van der Waals surface area (Å²) in [5, 5.41) is 6.08. The van der Waals surface area contributed by atoms with E-state index in [4.69, 9.17) is 0 Å². The zero-order valence-corrected chi connectivity index (χ0v) is 19.9. The smallest absolute Gasteiger partial charge is 0.358 e. The number of halogens is 4. The van der Waals surface area contributed by atoms with E-state index in [0.717, 1.165) is 29.2 Å². The molecular weight excluding hydrogens is 458 g/mol. The summed E-state index contributed by atoms with van der Waals surface area (Å²) in [5.74, 6) is -0.563. The van der Waals surface area contributed by atoms with Gasteiger partial charge in [-0.15, -0.1) is 0 Å². The number of carbonyl (C=O) groups is 1. The van der Waals surface area contributed by atoms with Gasteiger partial charge in [-0.3, -0.25) is 15.1 Å². The molecule has 0 bridgehead atoms. The van der Waals surface area contributed by atoms with Crippen molar-refractivity contribution < 1.29 is 22.4 Å². The molecule has 0 saturated heterocycles. The van der Waals surface area contributed by atoms with Crippen LogP contribution in [0.3, 0.4) is 0 Å². The van der Waals surface area contributed by atoms with Crippen molar-refractivity contribution >= 4 is 5.91 Å². The lowest BCUT2D eigenvalue weighted by atomic mass is 9.95. The zero-order chi connectivity index (χ0) is 25.6. The highest BCUT2D eigenvalue weighted by atomic mass is 19.4. The third kappa shape index (κ3) is 6.88. The van der Waals surface area contributed by atoms with Crippen molar-refractivity contribution in [2.75, 3.05) is 7.05 Å². The van der Waals surface area contributed by atoms with Crippen LogP contribution in [0, 0.1) is 12.7 Å². The maximum atomic E-state index is 13.9. The SMILES string of the molecule is CCc1ccc(C(N[C@@H](CCc2ccc(C(F)(F)F)nc2)c2ccc(F)c(C)c2)C(=O)NC)cc1. The summed E-state index contributed by atoms with van der Waals surface area (Å²) in [6.07, 6.45) is -1.54. The first kappa shape index (κ1) is 26.3. The molecule has 35 heavy (non-hydrogen) atoms. The maximum Gasteiger partial charge on any atom is 0.433 e. The largest absolute Gasteiger partial charge is 0.433 e. The molecule has 1 heterocycles. The lowest BCUT2D eigenvalue weighted by Crippen LogP contribution is -2.38. The summed E-state index contributed by atoms with van der Waals surface area (Å²) in [6, 6.07) is 13.8. The van der Waals surface area contributed by atoms with Crippen molar-refractivity contribution in [3.63, 3.8) is 0 Å². The minimum atomic E-state index is -4.50. The van der Waals surface area contributed by atoms with Gasteiger partial charge in [0, 0.05) is 19.3 Å². The molecule has 0 aliphatic heterocycles. The van der Waals surface area contributed by atoms with Crippen LogP contribution in [0.2, 0.25) is 0 Å². The second-order valence-corrected chi connectivity index (χ2v) is 8.46. The van der Waals surface area contributed by atoms with Gasteiger partial charge < -0.3 is 5.32 Å². The van der Waals surface area contributed by atoms with Crippen LogP contribution in [0.15, 0.2) is 60.8 Å². The number of pyridine rings is 1. The fraction of sp³-hybridized carbons (Fsp3) is 0.333. The predicted octanol–water partition coefficient (Wildman–Crippen LogP) is 5.86. The normalized spacial score (nSPS) is 13.3. The number of amides is 1. The quantitative estimate of drug-likeness (QED) is 0.372. The number of alkyl halides is 3. The van der Waals surface area contributed by atoms with Gasteiger partial charge >= 0.3 is 6.18 Å². The lowest BCUT2D eigenvalue weighted by molar-refractivity contribution is -0.141. The minimum Gasteiger partial charge on any atom is -0.358 e. The summed E-state index contributed by atoms with van der Waals surface area (Å²) in [6.45, 7) is 3.71. The molecule has 1 amide bonds. The number of nitrogens with one attached hydrogen (secondary N) is 2. The van der Waals surface area contributed by atoms with Crippen LogP contribution in [-0.2, 0) is 23.8 Å². The van der Waals surface area contributed by atoms with Gasteiger partial charge in [-0.2, -0.15) is 13.2 Å². The Hall–Kier alpha value is -3.26. The second-order valence-electron chi connectivity index (χ2n) is 8.46. The predicted molar refractivity (Wildman–Crippen MR) is 127 cm³/mol. The van der Waals surface area contributed by atoms with Crippen LogP contribution in [0.4, 0.5) is 17.6 Å². The molecule has 0 radical (unpaired) electrons. The molecule has 2 aromatic carbocycles. The average molecular weight is 488 g/mol. The first-order chi connectivity index (χ1) is 16.6. The van der Waals surface area contributed by atoms with Crippen molar-refractivity contribution in [3.05, 3.63) is 100 Å². The number of hydrogen-bond acceptors (Lipinski definition) is 3. The molecule has 3 rings (SSSR count). The van der Waals surface area contributed by atoms with E-state index in [2.05, 4.69) is 15.6 Å². The Morgan fingerprint density at radius 3 is 2.20 bits per heavy atom. The van der Waals surface area contributed by atoms with Gasteiger partial charge in [-0.05, 0) is 66.1 Å². The summed E-state index contributed by atoms with van der Waals surface area (Å²) in [5.41, 5.74) is 2.86. The molecule has 2 N–H and O–H groups in total. The van der Waals surface area contributed by atoms with E-state index >= 15 is 0 Å². The van der Waals surface area contributed by atoms with E-state index < -0.39 is 17.9 Å². The van der Waals surface area contributed by atoms with Crippen molar-refractivity contribution in [2.45, 2.75) is 51.4 Å². The van der Waals surface area contributed by atoms with E-state index in [1.54, 1.807) is 26.1 Å². The molecular formula is C27H29F4N3O. The number of benzene rings is 2. The van der Waals surface area contributed by atoms with E-state index in [0.29, 0.717) is 24.0 Å². The molecule has 0 spiro atoms. The van der Waals surface area contributed by atoms with E-state index in [1.807, 2.05) is 31.2 Å². The number of aromatic nitrogens is 1. The molecule has 0 saturated carbocycles. The monoisotopic (exact) mass is 487 g/mol. The molecule has 1 aromatic heterocycles. The second kappa shape index (κ2) is 11.4. The van der Waals surface area contributed by atoms with E-state index in [1.165, 1.54) is 18.3 Å². The molecule has 0 aliphatic rings. The minimum absolute atomic E-state index is 0.228. The van der Waals surface area contributed by atoms with Gasteiger partial charge in [-0.25, -0.2) is 4.39 Å². The third-order valence-corrected chi connectivity index (χ3v) is 6.02.